The van der Waals surface area contributed by atoms with Gasteiger partial charge in [-0.2, -0.15) is 0 Å². The van der Waals surface area contributed by atoms with Crippen LogP contribution < -0.4 is 10.6 Å². The Hall–Kier alpha value is -4.46. The van der Waals surface area contributed by atoms with E-state index in [0.717, 1.165) is 49.3 Å². The molecule has 3 aromatic heterocycles. The summed E-state index contributed by atoms with van der Waals surface area (Å²) in [5.41, 5.74) is 4.80. The standard InChI is InChI=1S/C37H35N5SSi/c1-36(27-15-7-5-8-16-27,28-17-9-6-10-18-28)32-23-38-25-34(41-32)44(3,4)35-26-39-24-33(42-35)37(2,31-21-13-14-22-40-31)29-19-11-12-20-30(29)43/h5-26,43H,1-4H3. The van der Waals surface area contributed by atoms with E-state index in [9.17, 15) is 0 Å². The van der Waals surface area contributed by atoms with E-state index in [4.69, 9.17) is 37.5 Å². The smallest absolute Gasteiger partial charge is 0.162 e. The maximum absolute atomic E-state index is 5.37. The Morgan fingerprint density at radius 1 is 0.545 bits per heavy atom. The summed E-state index contributed by atoms with van der Waals surface area (Å²) in [7, 11) is -2.48. The highest BCUT2D eigenvalue weighted by Crippen LogP contribution is 2.39. The van der Waals surface area contributed by atoms with Crippen molar-refractivity contribution in [3.63, 3.8) is 0 Å². The van der Waals surface area contributed by atoms with Crippen LogP contribution in [0.25, 0.3) is 0 Å². The third-order valence-electron chi connectivity index (χ3n) is 8.90. The van der Waals surface area contributed by atoms with E-state index >= 15 is 0 Å². The number of hydrogen-bond donors (Lipinski definition) is 1. The van der Waals surface area contributed by atoms with Crippen LogP contribution >= 0.6 is 12.6 Å². The van der Waals surface area contributed by atoms with Gasteiger partial charge in [-0.25, -0.2) is 0 Å². The van der Waals surface area contributed by atoms with E-state index in [0.29, 0.717) is 0 Å². The lowest BCUT2D eigenvalue weighted by Crippen LogP contribution is -2.57. The summed E-state index contributed by atoms with van der Waals surface area (Å²) in [6.07, 6.45) is 9.37. The van der Waals surface area contributed by atoms with Crippen LogP contribution in [0.4, 0.5) is 0 Å². The fourth-order valence-corrected chi connectivity index (χ4v) is 8.16. The van der Waals surface area contributed by atoms with Gasteiger partial charge in [-0.3, -0.25) is 24.9 Å². The topological polar surface area (TPSA) is 64.5 Å². The number of aromatic nitrogens is 5. The first kappa shape index (κ1) is 29.6. The van der Waals surface area contributed by atoms with Crippen molar-refractivity contribution in [1.29, 1.82) is 0 Å². The van der Waals surface area contributed by atoms with Gasteiger partial charge >= 0.3 is 0 Å². The molecule has 3 aromatic carbocycles. The minimum atomic E-state index is -2.48. The first-order chi connectivity index (χ1) is 21.3. The lowest BCUT2D eigenvalue weighted by molar-refractivity contribution is 0.627. The molecular weight excluding hydrogens is 575 g/mol. The summed E-state index contributed by atoms with van der Waals surface area (Å²) in [6.45, 7) is 8.91. The normalized spacial score (nSPS) is 13.3. The molecule has 0 amide bonds. The van der Waals surface area contributed by atoms with Crippen LogP contribution in [0.1, 0.15) is 47.6 Å². The second kappa shape index (κ2) is 11.9. The molecule has 6 rings (SSSR count). The molecule has 0 saturated carbocycles. The second-order valence-corrected chi connectivity index (χ2v) is 16.7. The number of rotatable bonds is 8. The first-order valence-electron chi connectivity index (χ1n) is 14.7. The van der Waals surface area contributed by atoms with Gasteiger partial charge in [0.25, 0.3) is 0 Å². The zero-order chi connectivity index (χ0) is 30.8. The molecule has 0 radical (unpaired) electrons. The third kappa shape index (κ3) is 5.16. The van der Waals surface area contributed by atoms with Gasteiger partial charge in [-0.1, -0.05) is 98.0 Å². The lowest BCUT2D eigenvalue weighted by atomic mass is 9.74. The van der Waals surface area contributed by atoms with E-state index in [1.165, 1.54) is 0 Å². The van der Waals surface area contributed by atoms with Gasteiger partial charge in [-0.15, -0.1) is 12.6 Å². The summed E-state index contributed by atoms with van der Waals surface area (Å²) in [5, 5.41) is 1.88. The van der Waals surface area contributed by atoms with Crippen molar-refractivity contribution in [2.75, 3.05) is 0 Å². The molecule has 0 N–H and O–H groups in total. The van der Waals surface area contributed by atoms with Gasteiger partial charge in [0.15, 0.2) is 8.07 Å². The maximum atomic E-state index is 5.37. The van der Waals surface area contributed by atoms with E-state index in [2.05, 4.69) is 81.5 Å². The van der Waals surface area contributed by atoms with E-state index in [1.54, 1.807) is 0 Å². The number of hydrogen-bond acceptors (Lipinski definition) is 6. The fraction of sp³-hybridized carbons (Fsp3) is 0.162. The second-order valence-electron chi connectivity index (χ2n) is 11.9. The largest absolute Gasteiger partial charge is 0.261 e. The summed E-state index contributed by atoms with van der Waals surface area (Å²) < 4.78 is 0. The molecule has 0 aliphatic carbocycles. The Bertz CT molecular complexity index is 1840. The summed E-state index contributed by atoms with van der Waals surface area (Å²) in [4.78, 5) is 25.9. The zero-order valence-corrected chi connectivity index (χ0v) is 27.3. The Labute approximate surface area is 266 Å². The fourth-order valence-electron chi connectivity index (χ4n) is 5.91. The summed E-state index contributed by atoms with van der Waals surface area (Å²) in [6, 6.07) is 35.2. The molecule has 0 saturated heterocycles. The Balaban J connectivity index is 1.48. The Morgan fingerprint density at radius 3 is 1.57 bits per heavy atom. The SMILES string of the molecule is CC(c1ccccc1)(c1ccccc1)c1cncc([Si](C)(C)c2cncc(C(C)(c3ccccn3)c3ccccc3S)n2)n1. The van der Waals surface area contributed by atoms with Gasteiger partial charge in [-0.05, 0) is 48.7 Å². The first-order valence-corrected chi connectivity index (χ1v) is 18.2. The van der Waals surface area contributed by atoms with Crippen LogP contribution in [0.15, 0.2) is 139 Å². The van der Waals surface area contributed by atoms with Crippen molar-refractivity contribution in [3.05, 3.63) is 168 Å². The molecular formula is C37H35N5SSi. The molecule has 218 valence electrons. The van der Waals surface area contributed by atoms with Crippen molar-refractivity contribution in [2.45, 2.75) is 42.7 Å². The molecule has 0 bridgehead atoms. The van der Waals surface area contributed by atoms with Crippen molar-refractivity contribution in [3.8, 4) is 0 Å². The van der Waals surface area contributed by atoms with Crippen molar-refractivity contribution < 1.29 is 0 Å². The van der Waals surface area contributed by atoms with Crippen molar-refractivity contribution >= 4 is 31.3 Å². The number of thiol groups is 1. The van der Waals surface area contributed by atoms with Crippen LogP contribution in [-0.4, -0.2) is 33.0 Å². The predicted molar refractivity (Wildman–Crippen MR) is 183 cm³/mol. The zero-order valence-electron chi connectivity index (χ0n) is 25.4. The average molecular weight is 610 g/mol. The van der Waals surface area contributed by atoms with Crippen LogP contribution in [0, 0.1) is 0 Å². The van der Waals surface area contributed by atoms with E-state index in [1.807, 2.05) is 79.5 Å². The van der Waals surface area contributed by atoms with Crippen LogP contribution in [0.2, 0.25) is 13.1 Å². The maximum Gasteiger partial charge on any atom is 0.162 e. The number of pyridine rings is 1. The Morgan fingerprint density at radius 2 is 1.05 bits per heavy atom. The molecule has 5 nitrogen and oxygen atoms in total. The van der Waals surface area contributed by atoms with Crippen molar-refractivity contribution in [2.24, 2.45) is 0 Å². The molecule has 1 unspecified atom stereocenters. The van der Waals surface area contributed by atoms with Crippen molar-refractivity contribution in [1.82, 2.24) is 24.9 Å². The highest BCUT2D eigenvalue weighted by molar-refractivity contribution is 7.80. The minimum Gasteiger partial charge on any atom is -0.261 e. The van der Waals surface area contributed by atoms with Crippen LogP contribution in [0.3, 0.4) is 0 Å². The molecule has 44 heavy (non-hydrogen) atoms. The number of benzene rings is 3. The highest BCUT2D eigenvalue weighted by Gasteiger charge is 2.39. The molecule has 3 heterocycles. The molecule has 0 aliphatic heterocycles. The molecule has 0 spiro atoms. The average Bonchev–Trinajstić information content (AvgIpc) is 3.09. The monoisotopic (exact) mass is 609 g/mol. The summed E-state index contributed by atoms with van der Waals surface area (Å²) >= 11 is 4.84. The van der Waals surface area contributed by atoms with Crippen LogP contribution in [-0.2, 0) is 10.8 Å². The van der Waals surface area contributed by atoms with Gasteiger partial charge in [0.1, 0.15) is 0 Å². The third-order valence-corrected chi connectivity index (χ3v) is 12.3. The minimum absolute atomic E-state index is 0.489. The molecule has 0 fully saturated rings. The Kier molecular flexibility index (Phi) is 8.01. The van der Waals surface area contributed by atoms with Gasteiger partial charge in [0.2, 0.25) is 0 Å². The lowest BCUT2D eigenvalue weighted by Gasteiger charge is -2.33. The highest BCUT2D eigenvalue weighted by atomic mass is 32.1. The van der Waals surface area contributed by atoms with E-state index < -0.39 is 18.9 Å². The van der Waals surface area contributed by atoms with Gasteiger partial charge < -0.3 is 0 Å². The van der Waals surface area contributed by atoms with Gasteiger partial charge in [0.05, 0.1) is 27.9 Å². The quantitative estimate of drug-likeness (QED) is 0.158. The molecule has 6 aromatic rings. The van der Waals surface area contributed by atoms with Gasteiger partial charge in [0, 0.05) is 46.5 Å². The summed E-state index contributed by atoms with van der Waals surface area (Å²) in [5.74, 6) is 0. The van der Waals surface area contributed by atoms with E-state index in [-0.39, 0.29) is 0 Å². The number of nitrogens with zero attached hydrogens (tertiary/aromatic N) is 5. The van der Waals surface area contributed by atoms with Crippen LogP contribution in [0.5, 0.6) is 0 Å². The molecule has 7 heteroatoms. The molecule has 0 aliphatic rings. The predicted octanol–water partition coefficient (Wildman–Crippen LogP) is 6.48. The molecule has 1 atom stereocenters.